The molecule has 0 bridgehead atoms. The van der Waals surface area contributed by atoms with Gasteiger partial charge in [0.05, 0.1) is 46.9 Å². The summed E-state index contributed by atoms with van der Waals surface area (Å²) >= 11 is 0. The maximum atomic E-state index is 15.4. The molecule has 1 aliphatic heterocycles. The van der Waals surface area contributed by atoms with Crippen molar-refractivity contribution in [2.45, 2.75) is 27.2 Å². The number of aromatic nitrogens is 4. The fourth-order valence-electron chi connectivity index (χ4n) is 4.81. The second kappa shape index (κ2) is 13.3. The molecule has 1 aliphatic rings. The number of anilines is 3. The molecule has 0 radical (unpaired) electrons. The molecular formula is C33H31F2N7O. The van der Waals surface area contributed by atoms with Gasteiger partial charge >= 0.3 is 0 Å². The van der Waals surface area contributed by atoms with Crippen molar-refractivity contribution in [3.8, 4) is 28.6 Å². The molecule has 5 heterocycles. The van der Waals surface area contributed by atoms with Gasteiger partial charge in [-0.1, -0.05) is 26.3 Å². The first kappa shape index (κ1) is 29.5. The van der Waals surface area contributed by atoms with E-state index in [1.54, 1.807) is 42.9 Å². The lowest BCUT2D eigenvalue weighted by atomic mass is 10.0. The van der Waals surface area contributed by atoms with Gasteiger partial charge in [0.2, 0.25) is 0 Å². The molecule has 1 aromatic carbocycles. The number of nitrogens with zero attached hydrogens (tertiary/aromatic N) is 6. The molecule has 1 fully saturated rings. The van der Waals surface area contributed by atoms with Crippen molar-refractivity contribution in [2.75, 3.05) is 36.5 Å². The number of benzene rings is 1. The van der Waals surface area contributed by atoms with Crippen LogP contribution in [0.15, 0.2) is 67.1 Å². The van der Waals surface area contributed by atoms with E-state index in [1.807, 2.05) is 25.1 Å². The number of pyridine rings is 4. The Morgan fingerprint density at radius 3 is 2.47 bits per heavy atom. The minimum Gasteiger partial charge on any atom is -0.378 e. The SMILES string of the molecule is CCC.Cc1c(-c2ccccn2)nc2cc(F)cc(F)c2c1Nc1cc(N2CCOCC2)ncc1-c1ccc(C#N)nc1. The maximum Gasteiger partial charge on any atom is 0.140 e. The molecule has 0 saturated carbocycles. The third kappa shape index (κ3) is 6.42. The number of hydrogen-bond donors (Lipinski definition) is 1. The lowest BCUT2D eigenvalue weighted by Crippen LogP contribution is -2.36. The van der Waals surface area contributed by atoms with E-state index in [4.69, 9.17) is 9.72 Å². The lowest BCUT2D eigenvalue weighted by molar-refractivity contribution is 0.122. The van der Waals surface area contributed by atoms with Crippen LogP contribution in [0, 0.1) is 29.9 Å². The third-order valence-corrected chi connectivity index (χ3v) is 6.83. The first-order valence-corrected chi connectivity index (χ1v) is 14.1. The van der Waals surface area contributed by atoms with Crippen LogP contribution in [-0.4, -0.2) is 46.2 Å². The van der Waals surface area contributed by atoms with Crippen molar-refractivity contribution in [3.05, 3.63) is 90.0 Å². The van der Waals surface area contributed by atoms with E-state index in [0.717, 1.165) is 17.4 Å². The summed E-state index contributed by atoms with van der Waals surface area (Å²) in [5, 5.41) is 12.8. The van der Waals surface area contributed by atoms with Crippen molar-refractivity contribution in [3.63, 3.8) is 0 Å². The molecule has 43 heavy (non-hydrogen) atoms. The molecule has 0 unspecified atom stereocenters. The predicted molar refractivity (Wildman–Crippen MR) is 164 cm³/mol. The second-order valence-electron chi connectivity index (χ2n) is 10.0. The minimum atomic E-state index is -0.732. The van der Waals surface area contributed by atoms with Crippen molar-refractivity contribution in [1.82, 2.24) is 19.9 Å². The standard InChI is InChI=1S/C30H23F2N7O.C3H8/c1-18-29(24-4-2-3-7-34-24)38-26-13-20(31)12-23(32)28(26)30(18)37-25-14-27(39-8-10-40-11-9-39)36-17-22(25)19-5-6-21(15-33)35-16-19;1-3-2/h2-7,12-14,16-17H,8-11H2,1H3,(H,36,37,38);3H2,1-2H3. The zero-order chi connectivity index (χ0) is 30.3. The Labute approximate surface area is 249 Å². The molecule has 1 saturated heterocycles. The van der Waals surface area contributed by atoms with Crippen LogP contribution in [0.1, 0.15) is 31.5 Å². The summed E-state index contributed by atoms with van der Waals surface area (Å²) in [5.74, 6) is -0.726. The molecule has 0 amide bonds. The normalized spacial score (nSPS) is 12.8. The largest absolute Gasteiger partial charge is 0.378 e. The molecule has 0 aliphatic carbocycles. The number of fused-ring (bicyclic) bond motifs is 1. The first-order valence-electron chi connectivity index (χ1n) is 14.1. The lowest BCUT2D eigenvalue weighted by Gasteiger charge is -2.28. The molecule has 218 valence electrons. The van der Waals surface area contributed by atoms with E-state index >= 15 is 4.39 Å². The van der Waals surface area contributed by atoms with Crippen molar-refractivity contribution in [2.24, 2.45) is 0 Å². The van der Waals surface area contributed by atoms with E-state index in [-0.39, 0.29) is 16.6 Å². The van der Waals surface area contributed by atoms with Gasteiger partial charge in [-0.2, -0.15) is 5.26 Å². The topological polar surface area (TPSA) is 99.9 Å². The van der Waals surface area contributed by atoms with Crippen LogP contribution in [0.4, 0.5) is 26.0 Å². The van der Waals surface area contributed by atoms with E-state index < -0.39 is 11.6 Å². The molecule has 6 rings (SSSR count). The highest BCUT2D eigenvalue weighted by molar-refractivity contribution is 5.99. The van der Waals surface area contributed by atoms with E-state index in [9.17, 15) is 9.65 Å². The van der Waals surface area contributed by atoms with E-state index in [2.05, 4.69) is 39.0 Å². The Hall–Kier alpha value is -5.01. The number of morpholine rings is 1. The Kier molecular flexibility index (Phi) is 9.13. The molecule has 10 heteroatoms. The van der Waals surface area contributed by atoms with Crippen LogP contribution in [0.25, 0.3) is 33.4 Å². The van der Waals surface area contributed by atoms with Gasteiger partial charge in [0.15, 0.2) is 0 Å². The van der Waals surface area contributed by atoms with Gasteiger partial charge in [0, 0.05) is 66.6 Å². The third-order valence-electron chi connectivity index (χ3n) is 6.83. The smallest absolute Gasteiger partial charge is 0.140 e. The highest BCUT2D eigenvalue weighted by atomic mass is 19.1. The van der Waals surface area contributed by atoms with Gasteiger partial charge in [-0.15, -0.1) is 0 Å². The van der Waals surface area contributed by atoms with Crippen molar-refractivity contribution < 1.29 is 13.5 Å². The molecule has 0 spiro atoms. The number of hydrogen-bond acceptors (Lipinski definition) is 8. The van der Waals surface area contributed by atoms with Gasteiger partial charge in [-0.3, -0.25) is 4.98 Å². The average molecular weight is 580 g/mol. The van der Waals surface area contributed by atoms with Crippen LogP contribution in [0.5, 0.6) is 0 Å². The van der Waals surface area contributed by atoms with E-state index in [1.165, 1.54) is 12.5 Å². The van der Waals surface area contributed by atoms with Gasteiger partial charge in [-0.05, 0) is 31.2 Å². The monoisotopic (exact) mass is 579 g/mol. The highest BCUT2D eigenvalue weighted by Crippen LogP contribution is 2.39. The van der Waals surface area contributed by atoms with Crippen LogP contribution >= 0.6 is 0 Å². The maximum absolute atomic E-state index is 15.4. The van der Waals surface area contributed by atoms with Crippen molar-refractivity contribution in [1.29, 1.82) is 5.26 Å². The quantitative estimate of drug-likeness (QED) is 0.233. The molecule has 0 atom stereocenters. The molecule has 5 aromatic rings. The minimum absolute atomic E-state index is 0.159. The van der Waals surface area contributed by atoms with Gasteiger partial charge in [-0.25, -0.2) is 23.7 Å². The molecular weight excluding hydrogens is 548 g/mol. The predicted octanol–water partition coefficient (Wildman–Crippen LogP) is 7.21. The summed E-state index contributed by atoms with van der Waals surface area (Å²) in [4.78, 5) is 20.1. The zero-order valence-electron chi connectivity index (χ0n) is 24.2. The van der Waals surface area contributed by atoms with Crippen LogP contribution < -0.4 is 10.2 Å². The fourth-order valence-corrected chi connectivity index (χ4v) is 4.81. The number of rotatable bonds is 5. The Morgan fingerprint density at radius 2 is 1.79 bits per heavy atom. The Balaban J connectivity index is 0.00000118. The Bertz CT molecular complexity index is 1770. The summed E-state index contributed by atoms with van der Waals surface area (Å²) in [6.07, 6.45) is 6.22. The summed E-state index contributed by atoms with van der Waals surface area (Å²) < 4.78 is 35.2. The van der Waals surface area contributed by atoms with Gasteiger partial charge in [0.25, 0.3) is 0 Å². The molecule has 8 nitrogen and oxygen atoms in total. The number of nitriles is 1. The van der Waals surface area contributed by atoms with Crippen LogP contribution in [-0.2, 0) is 4.74 Å². The molecule has 4 aromatic heterocycles. The summed E-state index contributed by atoms with van der Waals surface area (Å²) in [6, 6.07) is 14.8. The van der Waals surface area contributed by atoms with E-state index in [0.29, 0.717) is 60.2 Å². The number of halogens is 2. The summed E-state index contributed by atoms with van der Waals surface area (Å²) in [6.45, 7) is 8.61. The van der Waals surface area contributed by atoms with Crippen molar-refractivity contribution >= 4 is 28.1 Å². The Morgan fingerprint density at radius 1 is 1.00 bits per heavy atom. The summed E-state index contributed by atoms with van der Waals surface area (Å²) in [7, 11) is 0. The zero-order valence-corrected chi connectivity index (χ0v) is 24.2. The number of ether oxygens (including phenoxy) is 1. The van der Waals surface area contributed by atoms with Gasteiger partial charge in [0.1, 0.15) is 29.2 Å². The highest BCUT2D eigenvalue weighted by Gasteiger charge is 2.21. The summed E-state index contributed by atoms with van der Waals surface area (Å²) in [5.41, 5.74) is 4.66. The average Bonchev–Trinajstić information content (AvgIpc) is 3.03. The first-order chi connectivity index (χ1) is 20.9. The second-order valence-corrected chi connectivity index (χ2v) is 10.0. The number of nitrogens with one attached hydrogen (secondary N) is 1. The van der Waals surface area contributed by atoms with Gasteiger partial charge < -0.3 is 15.0 Å². The molecule has 1 N–H and O–H groups in total. The van der Waals surface area contributed by atoms with Crippen LogP contribution in [0.3, 0.4) is 0 Å². The fraction of sp³-hybridized carbons (Fsp3) is 0.242. The van der Waals surface area contributed by atoms with Crippen LogP contribution in [0.2, 0.25) is 0 Å².